The minimum absolute atomic E-state index is 0.0906. The van der Waals surface area contributed by atoms with E-state index in [0.717, 1.165) is 5.56 Å². The molecule has 8 heteroatoms. The summed E-state index contributed by atoms with van der Waals surface area (Å²) >= 11 is 3.49. The zero-order chi connectivity index (χ0) is 28.3. The van der Waals surface area contributed by atoms with Gasteiger partial charge in [0.1, 0.15) is 36.4 Å². The van der Waals surface area contributed by atoms with E-state index in [0.29, 0.717) is 51.7 Å². The van der Waals surface area contributed by atoms with Gasteiger partial charge >= 0.3 is 0 Å². The lowest BCUT2D eigenvalue weighted by atomic mass is 10.1. The number of anilines is 1. The number of hydrogen-bond donors (Lipinski definition) is 1. The Morgan fingerprint density at radius 2 is 1.65 bits per heavy atom. The number of nitriles is 1. The smallest absolute Gasteiger partial charge is 0.266 e. The predicted molar refractivity (Wildman–Crippen MR) is 155 cm³/mol. The predicted octanol–water partition coefficient (Wildman–Crippen LogP) is 7.69. The maximum Gasteiger partial charge on any atom is 0.266 e. The van der Waals surface area contributed by atoms with Crippen molar-refractivity contribution < 1.29 is 23.4 Å². The Morgan fingerprint density at radius 1 is 0.925 bits per heavy atom. The Bertz CT molecular complexity index is 1530. The van der Waals surface area contributed by atoms with Crippen molar-refractivity contribution in [2.75, 3.05) is 11.9 Å². The van der Waals surface area contributed by atoms with Crippen molar-refractivity contribution in [3.8, 4) is 23.3 Å². The van der Waals surface area contributed by atoms with Crippen LogP contribution >= 0.6 is 15.9 Å². The van der Waals surface area contributed by atoms with Gasteiger partial charge in [0, 0.05) is 5.69 Å². The van der Waals surface area contributed by atoms with Crippen molar-refractivity contribution >= 4 is 33.6 Å². The summed E-state index contributed by atoms with van der Waals surface area (Å²) in [5, 5.41) is 12.4. The summed E-state index contributed by atoms with van der Waals surface area (Å²) in [7, 11) is 0. The number of carbonyl (C=O) groups excluding carboxylic acids is 1. The summed E-state index contributed by atoms with van der Waals surface area (Å²) < 4.78 is 31.5. The van der Waals surface area contributed by atoms with Crippen molar-refractivity contribution in [1.29, 1.82) is 5.26 Å². The van der Waals surface area contributed by atoms with Gasteiger partial charge in [-0.2, -0.15) is 5.26 Å². The molecule has 0 heterocycles. The molecule has 4 aromatic rings. The molecule has 0 unspecified atom stereocenters. The number of carbonyl (C=O) groups is 1. The topological polar surface area (TPSA) is 80.6 Å². The van der Waals surface area contributed by atoms with Gasteiger partial charge < -0.3 is 19.5 Å². The van der Waals surface area contributed by atoms with Gasteiger partial charge in [-0.05, 0) is 94.2 Å². The Labute approximate surface area is 240 Å². The quantitative estimate of drug-likeness (QED) is 0.141. The van der Waals surface area contributed by atoms with Crippen LogP contribution in [-0.4, -0.2) is 12.5 Å². The summed E-state index contributed by atoms with van der Waals surface area (Å²) in [6.07, 6.45) is 1.47. The molecule has 1 N–H and O–H groups in total. The fraction of sp³-hybridized carbons (Fsp3) is 0.125. The van der Waals surface area contributed by atoms with Crippen LogP contribution in [0.5, 0.6) is 17.2 Å². The first kappa shape index (κ1) is 28.4. The maximum absolute atomic E-state index is 13.5. The first-order valence-electron chi connectivity index (χ1n) is 12.5. The third kappa shape index (κ3) is 7.95. The van der Waals surface area contributed by atoms with E-state index in [1.807, 2.05) is 43.3 Å². The number of rotatable bonds is 11. The molecular formula is C32H26BrFN2O4. The van der Waals surface area contributed by atoms with Crippen molar-refractivity contribution in [2.45, 2.75) is 20.1 Å². The molecule has 0 bridgehead atoms. The monoisotopic (exact) mass is 600 g/mol. The fourth-order valence-corrected chi connectivity index (χ4v) is 4.32. The molecule has 4 rings (SSSR count). The number of benzene rings is 4. The normalized spacial score (nSPS) is 10.9. The van der Waals surface area contributed by atoms with Gasteiger partial charge in [-0.25, -0.2) is 4.39 Å². The Kier molecular flexibility index (Phi) is 9.92. The van der Waals surface area contributed by atoms with Crippen LogP contribution in [0.1, 0.15) is 23.6 Å². The van der Waals surface area contributed by atoms with Crippen LogP contribution < -0.4 is 19.5 Å². The third-order valence-corrected chi connectivity index (χ3v) is 6.23. The summed E-state index contributed by atoms with van der Waals surface area (Å²) in [6.45, 7) is 2.76. The highest BCUT2D eigenvalue weighted by Gasteiger charge is 2.15. The van der Waals surface area contributed by atoms with Crippen LogP contribution in [0.25, 0.3) is 6.08 Å². The largest absolute Gasteiger partial charge is 0.490 e. The SMILES string of the molecule is CCOc1cc(/C=C(\C#N)C(=O)Nc2ccc(OCc3ccccc3)cc2)cc(Br)c1OCc1cccc(F)c1. The minimum Gasteiger partial charge on any atom is -0.490 e. The van der Waals surface area contributed by atoms with Gasteiger partial charge in [0.2, 0.25) is 0 Å². The van der Waals surface area contributed by atoms with Crippen LogP contribution in [0.15, 0.2) is 101 Å². The van der Waals surface area contributed by atoms with E-state index >= 15 is 0 Å². The van der Waals surface area contributed by atoms with Crippen molar-refractivity contribution in [2.24, 2.45) is 0 Å². The average Bonchev–Trinajstić information content (AvgIpc) is 2.96. The molecule has 202 valence electrons. The summed E-state index contributed by atoms with van der Waals surface area (Å²) in [5.41, 5.74) is 2.71. The van der Waals surface area contributed by atoms with Crippen molar-refractivity contribution in [1.82, 2.24) is 0 Å². The van der Waals surface area contributed by atoms with Gasteiger partial charge in [-0.3, -0.25) is 4.79 Å². The molecule has 4 aromatic carbocycles. The zero-order valence-corrected chi connectivity index (χ0v) is 23.3. The summed E-state index contributed by atoms with van der Waals surface area (Å²) in [4.78, 5) is 12.9. The minimum atomic E-state index is -0.555. The Balaban J connectivity index is 1.44. The molecule has 0 aromatic heterocycles. The molecule has 0 aliphatic rings. The fourth-order valence-electron chi connectivity index (χ4n) is 3.75. The maximum atomic E-state index is 13.5. The molecule has 6 nitrogen and oxygen atoms in total. The van der Waals surface area contributed by atoms with Crippen LogP contribution in [0.4, 0.5) is 10.1 Å². The lowest BCUT2D eigenvalue weighted by Crippen LogP contribution is -2.13. The van der Waals surface area contributed by atoms with Gasteiger partial charge in [0.15, 0.2) is 11.5 Å². The van der Waals surface area contributed by atoms with Crippen molar-refractivity contribution in [3.05, 3.63) is 124 Å². The van der Waals surface area contributed by atoms with Gasteiger partial charge in [0.25, 0.3) is 5.91 Å². The molecule has 0 spiro atoms. The van der Waals surface area contributed by atoms with Crippen LogP contribution in [0.2, 0.25) is 0 Å². The molecular weight excluding hydrogens is 575 g/mol. The second kappa shape index (κ2) is 14.0. The van der Waals surface area contributed by atoms with Crippen LogP contribution in [0.3, 0.4) is 0 Å². The molecule has 0 saturated carbocycles. The summed E-state index contributed by atoms with van der Waals surface area (Å²) in [6, 6.07) is 28.2. The Morgan fingerprint density at radius 3 is 2.35 bits per heavy atom. The third-order valence-electron chi connectivity index (χ3n) is 5.64. The lowest BCUT2D eigenvalue weighted by Gasteiger charge is -2.15. The van der Waals surface area contributed by atoms with Crippen molar-refractivity contribution in [3.63, 3.8) is 0 Å². The molecule has 0 atom stereocenters. The van der Waals surface area contributed by atoms with E-state index in [4.69, 9.17) is 14.2 Å². The zero-order valence-electron chi connectivity index (χ0n) is 21.7. The lowest BCUT2D eigenvalue weighted by molar-refractivity contribution is -0.112. The van der Waals surface area contributed by atoms with E-state index in [1.54, 1.807) is 48.5 Å². The molecule has 40 heavy (non-hydrogen) atoms. The van der Waals surface area contributed by atoms with E-state index in [9.17, 15) is 14.4 Å². The molecule has 0 fully saturated rings. The Hall–Kier alpha value is -4.61. The van der Waals surface area contributed by atoms with Gasteiger partial charge in [-0.1, -0.05) is 42.5 Å². The molecule has 0 radical (unpaired) electrons. The number of halogens is 2. The highest BCUT2D eigenvalue weighted by Crippen LogP contribution is 2.38. The van der Waals surface area contributed by atoms with Crippen LogP contribution in [0, 0.1) is 17.1 Å². The number of ether oxygens (including phenoxy) is 3. The highest BCUT2D eigenvalue weighted by atomic mass is 79.9. The van der Waals surface area contributed by atoms with E-state index in [1.165, 1.54) is 18.2 Å². The van der Waals surface area contributed by atoms with E-state index in [2.05, 4.69) is 21.2 Å². The molecule has 0 aliphatic carbocycles. The molecule has 0 aliphatic heterocycles. The first-order chi connectivity index (χ1) is 19.4. The van der Waals surface area contributed by atoms with Gasteiger partial charge in [0.05, 0.1) is 11.1 Å². The molecule has 1 amide bonds. The number of nitrogens with one attached hydrogen (secondary N) is 1. The van der Waals surface area contributed by atoms with Crippen LogP contribution in [-0.2, 0) is 18.0 Å². The highest BCUT2D eigenvalue weighted by molar-refractivity contribution is 9.10. The average molecular weight is 601 g/mol. The number of hydrogen-bond acceptors (Lipinski definition) is 5. The van der Waals surface area contributed by atoms with E-state index in [-0.39, 0.29) is 18.0 Å². The number of nitrogens with zero attached hydrogens (tertiary/aromatic N) is 1. The molecule has 0 saturated heterocycles. The first-order valence-corrected chi connectivity index (χ1v) is 13.3. The standard InChI is InChI=1S/C32H26BrFN2O4/c1-2-38-30-18-24(17-29(33)31(30)40-21-23-9-6-10-26(34)16-23)15-25(19-35)32(37)36-27-11-13-28(14-12-27)39-20-22-7-4-3-5-8-22/h3-18H,2,20-21H2,1H3,(H,36,37)/b25-15+. The second-order valence-electron chi connectivity index (χ2n) is 8.60. The van der Waals surface area contributed by atoms with E-state index < -0.39 is 5.91 Å². The second-order valence-corrected chi connectivity index (χ2v) is 9.46. The van der Waals surface area contributed by atoms with Gasteiger partial charge in [-0.15, -0.1) is 0 Å². The number of amides is 1. The summed E-state index contributed by atoms with van der Waals surface area (Å²) in [5.74, 6) is 0.608.